The maximum absolute atomic E-state index is 11.6. The second-order valence-electron chi connectivity index (χ2n) is 3.63. The van der Waals surface area contributed by atoms with E-state index in [2.05, 4.69) is 21.2 Å². The molecule has 0 unspecified atom stereocenters. The molecule has 1 saturated heterocycles. The van der Waals surface area contributed by atoms with Crippen LogP contribution in [-0.4, -0.2) is 21.9 Å². The van der Waals surface area contributed by atoms with Crippen LogP contribution < -0.4 is 10.1 Å². The standard InChI is InChI=1S/C12H10BrNO3S2/c1-2-17-8-5-7(13)3-6(10(8)15)4-9-11(16)14-12(18)19-9/h3-5,15H,2H2,1H3,(H,14,16,18)/b9-4+. The Kier molecular flexibility index (Phi) is 4.49. The predicted octanol–water partition coefficient (Wildman–Crippen LogP) is 3.04. The van der Waals surface area contributed by atoms with E-state index in [4.69, 9.17) is 17.0 Å². The highest BCUT2D eigenvalue weighted by molar-refractivity contribution is 9.10. The van der Waals surface area contributed by atoms with Crippen LogP contribution in [-0.2, 0) is 4.79 Å². The third kappa shape index (κ3) is 3.29. The van der Waals surface area contributed by atoms with Crippen molar-refractivity contribution in [3.8, 4) is 11.5 Å². The molecular formula is C12H10BrNO3S2. The number of halogens is 1. The van der Waals surface area contributed by atoms with E-state index < -0.39 is 0 Å². The number of ether oxygens (including phenoxy) is 1. The highest BCUT2D eigenvalue weighted by atomic mass is 79.9. The molecule has 1 aromatic carbocycles. The number of thiocarbonyl (C=S) groups is 1. The number of hydrogen-bond donors (Lipinski definition) is 2. The Bertz CT molecular complexity index is 587. The fourth-order valence-corrected chi connectivity index (χ4v) is 3.02. The zero-order chi connectivity index (χ0) is 14.0. The molecule has 1 heterocycles. The van der Waals surface area contributed by atoms with Gasteiger partial charge in [-0.15, -0.1) is 0 Å². The summed E-state index contributed by atoms with van der Waals surface area (Å²) in [6, 6.07) is 3.38. The molecule has 1 aliphatic rings. The van der Waals surface area contributed by atoms with Crippen molar-refractivity contribution in [1.82, 2.24) is 5.32 Å². The van der Waals surface area contributed by atoms with Gasteiger partial charge in [0.25, 0.3) is 5.91 Å². The summed E-state index contributed by atoms with van der Waals surface area (Å²) in [6.07, 6.45) is 1.59. The number of benzene rings is 1. The Labute approximate surface area is 128 Å². The molecule has 0 saturated carbocycles. The lowest BCUT2D eigenvalue weighted by Crippen LogP contribution is -2.17. The van der Waals surface area contributed by atoms with E-state index in [1.165, 1.54) is 11.8 Å². The maximum Gasteiger partial charge on any atom is 0.263 e. The molecule has 1 fully saturated rings. The van der Waals surface area contributed by atoms with Crippen molar-refractivity contribution in [3.63, 3.8) is 0 Å². The third-order valence-corrected chi connectivity index (χ3v) is 3.92. The van der Waals surface area contributed by atoms with Crippen LogP contribution >= 0.6 is 39.9 Å². The Morgan fingerprint density at radius 3 is 2.89 bits per heavy atom. The second-order valence-corrected chi connectivity index (χ2v) is 6.26. The van der Waals surface area contributed by atoms with Gasteiger partial charge in [0.05, 0.1) is 11.5 Å². The number of nitrogens with one attached hydrogen (secondary N) is 1. The molecule has 0 atom stereocenters. The quantitative estimate of drug-likeness (QED) is 0.641. The summed E-state index contributed by atoms with van der Waals surface area (Å²) < 4.78 is 6.50. The molecule has 19 heavy (non-hydrogen) atoms. The van der Waals surface area contributed by atoms with Gasteiger partial charge in [-0.1, -0.05) is 39.9 Å². The number of hydrogen-bond acceptors (Lipinski definition) is 5. The number of carbonyl (C=O) groups is 1. The van der Waals surface area contributed by atoms with Gasteiger partial charge in [0.15, 0.2) is 11.5 Å². The topological polar surface area (TPSA) is 58.6 Å². The average molecular weight is 360 g/mol. The largest absolute Gasteiger partial charge is 0.504 e. The first-order valence-corrected chi connectivity index (χ1v) is 7.43. The molecule has 1 amide bonds. The number of carbonyl (C=O) groups excluding carboxylic acids is 1. The van der Waals surface area contributed by atoms with Crippen LogP contribution in [0.2, 0.25) is 0 Å². The molecule has 0 radical (unpaired) electrons. The van der Waals surface area contributed by atoms with Gasteiger partial charge >= 0.3 is 0 Å². The molecule has 1 aliphatic heterocycles. The van der Waals surface area contributed by atoms with Gasteiger partial charge in [-0.25, -0.2) is 0 Å². The van der Waals surface area contributed by atoms with Gasteiger partial charge in [-0.3, -0.25) is 4.79 Å². The molecule has 0 bridgehead atoms. The lowest BCUT2D eigenvalue weighted by Gasteiger charge is -2.09. The first-order valence-electron chi connectivity index (χ1n) is 5.41. The predicted molar refractivity (Wildman–Crippen MR) is 83.3 cm³/mol. The van der Waals surface area contributed by atoms with Crippen LogP contribution in [0.5, 0.6) is 11.5 Å². The number of aromatic hydroxyl groups is 1. The first kappa shape index (κ1) is 14.4. The minimum absolute atomic E-state index is 0.00349. The van der Waals surface area contributed by atoms with Crippen LogP contribution in [0.4, 0.5) is 0 Å². The lowest BCUT2D eigenvalue weighted by molar-refractivity contribution is -0.115. The van der Waals surface area contributed by atoms with E-state index in [0.717, 1.165) is 4.47 Å². The summed E-state index contributed by atoms with van der Waals surface area (Å²) in [5.74, 6) is 0.116. The maximum atomic E-state index is 11.6. The summed E-state index contributed by atoms with van der Waals surface area (Å²) in [6.45, 7) is 2.27. The number of amides is 1. The third-order valence-electron chi connectivity index (χ3n) is 2.30. The fraction of sp³-hybridized carbons (Fsp3) is 0.167. The van der Waals surface area contributed by atoms with Crippen molar-refractivity contribution in [1.29, 1.82) is 0 Å². The molecule has 100 valence electrons. The summed E-state index contributed by atoms with van der Waals surface area (Å²) in [4.78, 5) is 12.0. The van der Waals surface area contributed by atoms with Crippen molar-refractivity contribution in [2.75, 3.05) is 6.61 Å². The van der Waals surface area contributed by atoms with Gasteiger partial charge in [0.2, 0.25) is 0 Å². The SMILES string of the molecule is CCOc1cc(Br)cc(/C=C2/SC(=S)NC2=O)c1O. The van der Waals surface area contributed by atoms with Crippen molar-refractivity contribution >= 4 is 56.2 Å². The van der Waals surface area contributed by atoms with Crippen molar-refractivity contribution < 1.29 is 14.6 Å². The van der Waals surface area contributed by atoms with Gasteiger partial charge in [-0.2, -0.15) is 0 Å². The second kappa shape index (κ2) is 5.94. The Morgan fingerprint density at radius 1 is 1.58 bits per heavy atom. The smallest absolute Gasteiger partial charge is 0.263 e. The summed E-state index contributed by atoms with van der Waals surface area (Å²) >= 11 is 9.42. The van der Waals surface area contributed by atoms with Crippen LogP contribution in [0.15, 0.2) is 21.5 Å². The van der Waals surface area contributed by atoms with Gasteiger partial charge in [0, 0.05) is 10.0 Å². The Morgan fingerprint density at radius 2 is 2.32 bits per heavy atom. The summed E-state index contributed by atoms with van der Waals surface area (Å²) in [5.41, 5.74) is 0.500. The van der Waals surface area contributed by atoms with E-state index in [1.807, 2.05) is 6.92 Å². The van der Waals surface area contributed by atoms with Crippen LogP contribution in [0.25, 0.3) is 6.08 Å². The molecule has 2 rings (SSSR count). The average Bonchev–Trinajstić information content (AvgIpc) is 2.64. The minimum atomic E-state index is -0.257. The van der Waals surface area contributed by atoms with E-state index in [-0.39, 0.29) is 11.7 Å². The van der Waals surface area contributed by atoms with E-state index >= 15 is 0 Å². The molecule has 0 spiro atoms. The molecule has 4 nitrogen and oxygen atoms in total. The van der Waals surface area contributed by atoms with Crippen LogP contribution in [0, 0.1) is 0 Å². The van der Waals surface area contributed by atoms with E-state index in [9.17, 15) is 9.90 Å². The van der Waals surface area contributed by atoms with E-state index in [0.29, 0.717) is 27.1 Å². The van der Waals surface area contributed by atoms with Crippen molar-refractivity contribution in [2.24, 2.45) is 0 Å². The summed E-state index contributed by atoms with van der Waals surface area (Å²) in [5, 5.41) is 12.6. The highest BCUT2D eigenvalue weighted by Gasteiger charge is 2.23. The van der Waals surface area contributed by atoms with Gasteiger partial charge < -0.3 is 15.2 Å². The summed E-state index contributed by atoms with van der Waals surface area (Å²) in [7, 11) is 0. The molecule has 0 aliphatic carbocycles. The van der Waals surface area contributed by atoms with E-state index in [1.54, 1.807) is 18.2 Å². The molecular weight excluding hydrogens is 350 g/mol. The number of phenols is 1. The van der Waals surface area contributed by atoms with Crippen LogP contribution in [0.1, 0.15) is 12.5 Å². The molecule has 2 N–H and O–H groups in total. The number of rotatable bonds is 3. The Hall–Kier alpha value is -1.05. The Balaban J connectivity index is 2.42. The molecule has 1 aromatic rings. The fourth-order valence-electron chi connectivity index (χ4n) is 1.53. The number of thioether (sulfide) groups is 1. The van der Waals surface area contributed by atoms with Gasteiger partial charge in [-0.05, 0) is 25.1 Å². The molecule has 0 aromatic heterocycles. The number of phenolic OH excluding ortho intramolecular Hbond substituents is 1. The minimum Gasteiger partial charge on any atom is -0.504 e. The van der Waals surface area contributed by atoms with Crippen LogP contribution in [0.3, 0.4) is 0 Å². The zero-order valence-corrected chi connectivity index (χ0v) is 13.1. The van der Waals surface area contributed by atoms with Crippen molar-refractivity contribution in [3.05, 3.63) is 27.1 Å². The molecule has 7 heteroatoms. The zero-order valence-electron chi connectivity index (χ0n) is 9.90. The normalized spacial score (nSPS) is 16.8. The first-order chi connectivity index (χ1) is 9.01. The van der Waals surface area contributed by atoms with Crippen molar-refractivity contribution in [2.45, 2.75) is 6.92 Å². The van der Waals surface area contributed by atoms with Gasteiger partial charge in [0.1, 0.15) is 4.32 Å². The highest BCUT2D eigenvalue weighted by Crippen LogP contribution is 2.37. The monoisotopic (exact) mass is 359 g/mol. The lowest BCUT2D eigenvalue weighted by atomic mass is 10.1.